The van der Waals surface area contributed by atoms with E-state index in [1.54, 1.807) is 13.2 Å². The molecule has 0 fully saturated rings. The molecule has 0 aliphatic carbocycles. The van der Waals surface area contributed by atoms with Gasteiger partial charge in [-0.2, -0.15) is 0 Å². The quantitative estimate of drug-likeness (QED) is 0.580. The first kappa shape index (κ1) is 16.5. The highest BCUT2D eigenvalue weighted by Crippen LogP contribution is 2.27. The topological polar surface area (TPSA) is 47.9 Å². The van der Waals surface area contributed by atoms with Crippen molar-refractivity contribution in [3.63, 3.8) is 0 Å². The van der Waals surface area contributed by atoms with Crippen LogP contribution in [0.2, 0.25) is 0 Å². The monoisotopic (exact) mass is 385 g/mol. The van der Waals surface area contributed by atoms with Crippen LogP contribution in [-0.4, -0.2) is 19.0 Å². The Balaban J connectivity index is 2.00. The summed E-state index contributed by atoms with van der Waals surface area (Å²) in [6.45, 7) is 4.05. The van der Waals surface area contributed by atoms with E-state index >= 15 is 0 Å². The van der Waals surface area contributed by atoms with Crippen molar-refractivity contribution in [3.8, 4) is 5.75 Å². The maximum absolute atomic E-state index is 12.1. The second kappa shape index (κ2) is 6.61. The van der Waals surface area contributed by atoms with E-state index in [1.807, 2.05) is 50.2 Å². The van der Waals surface area contributed by atoms with Crippen LogP contribution in [0, 0.1) is 13.8 Å². The summed E-state index contributed by atoms with van der Waals surface area (Å²) in [7, 11) is 1.59. The number of ether oxygens (including phenoxy) is 2. The number of esters is 1. The third-order valence-electron chi connectivity index (χ3n) is 3.86. The van der Waals surface area contributed by atoms with Crippen molar-refractivity contribution in [2.24, 2.45) is 4.99 Å². The molecule has 122 valence electrons. The first-order valence-electron chi connectivity index (χ1n) is 7.41. The fourth-order valence-electron chi connectivity index (χ4n) is 2.37. The number of nitrogens with zero attached hydrogens (tertiary/aromatic N) is 1. The Hall–Kier alpha value is -2.40. The fraction of sp³-hybridized carbons (Fsp3) is 0.158. The van der Waals surface area contributed by atoms with Crippen LogP contribution in [0.4, 0.5) is 0 Å². The number of carbonyl (C=O) groups excluding carboxylic acids is 1. The molecule has 4 nitrogen and oxygen atoms in total. The largest absolute Gasteiger partial charge is 0.496 e. The highest BCUT2D eigenvalue weighted by atomic mass is 79.9. The number of carbonyl (C=O) groups is 1. The van der Waals surface area contributed by atoms with Gasteiger partial charge in [-0.15, -0.1) is 0 Å². The SMILES string of the molecule is COc1ccc(Br)cc1C=C1N=C(c2ccc(C)c(C)c2)OC1=O. The van der Waals surface area contributed by atoms with Crippen LogP contribution in [0.25, 0.3) is 6.08 Å². The highest BCUT2D eigenvalue weighted by molar-refractivity contribution is 9.10. The predicted octanol–water partition coefficient (Wildman–Crippen LogP) is 4.42. The van der Waals surface area contributed by atoms with Gasteiger partial charge in [0.05, 0.1) is 7.11 Å². The maximum atomic E-state index is 12.1. The highest BCUT2D eigenvalue weighted by Gasteiger charge is 2.24. The van der Waals surface area contributed by atoms with Gasteiger partial charge in [0.25, 0.3) is 0 Å². The molecule has 0 radical (unpaired) electrons. The third kappa shape index (κ3) is 3.26. The van der Waals surface area contributed by atoms with Crippen LogP contribution >= 0.6 is 15.9 Å². The van der Waals surface area contributed by atoms with Crippen molar-refractivity contribution < 1.29 is 14.3 Å². The molecule has 0 N–H and O–H groups in total. The van der Waals surface area contributed by atoms with E-state index in [9.17, 15) is 4.79 Å². The van der Waals surface area contributed by atoms with Gasteiger partial charge in [0.15, 0.2) is 5.70 Å². The minimum Gasteiger partial charge on any atom is -0.496 e. The van der Waals surface area contributed by atoms with Crippen LogP contribution in [0.1, 0.15) is 22.3 Å². The second-order valence-corrected chi connectivity index (χ2v) is 6.44. The summed E-state index contributed by atoms with van der Waals surface area (Å²) in [6.07, 6.45) is 1.67. The Labute approximate surface area is 148 Å². The summed E-state index contributed by atoms with van der Waals surface area (Å²) in [6, 6.07) is 11.4. The third-order valence-corrected chi connectivity index (χ3v) is 4.35. The van der Waals surface area contributed by atoms with Crippen molar-refractivity contribution in [1.82, 2.24) is 0 Å². The zero-order valence-corrected chi connectivity index (χ0v) is 15.2. The minimum absolute atomic E-state index is 0.250. The lowest BCUT2D eigenvalue weighted by Crippen LogP contribution is -2.05. The van der Waals surface area contributed by atoms with Gasteiger partial charge in [0.1, 0.15) is 5.75 Å². The van der Waals surface area contributed by atoms with Crippen LogP contribution in [0.5, 0.6) is 5.75 Å². The molecule has 2 aromatic carbocycles. The molecule has 0 unspecified atom stereocenters. The fourth-order valence-corrected chi connectivity index (χ4v) is 2.75. The molecule has 2 aromatic rings. The van der Waals surface area contributed by atoms with Crippen molar-refractivity contribution in [3.05, 3.63) is 68.8 Å². The number of aryl methyl sites for hydroxylation is 2. The number of halogens is 1. The van der Waals surface area contributed by atoms with E-state index in [-0.39, 0.29) is 5.70 Å². The van der Waals surface area contributed by atoms with Crippen LogP contribution in [-0.2, 0) is 9.53 Å². The van der Waals surface area contributed by atoms with Crippen molar-refractivity contribution in [2.75, 3.05) is 7.11 Å². The molecule has 3 rings (SSSR count). The zero-order valence-electron chi connectivity index (χ0n) is 13.6. The van der Waals surface area contributed by atoms with Gasteiger partial charge >= 0.3 is 5.97 Å². The molecule has 24 heavy (non-hydrogen) atoms. The average molecular weight is 386 g/mol. The normalized spacial score (nSPS) is 15.4. The van der Waals surface area contributed by atoms with E-state index in [0.29, 0.717) is 11.6 Å². The number of methoxy groups -OCH3 is 1. The Morgan fingerprint density at radius 1 is 1.12 bits per heavy atom. The van der Waals surface area contributed by atoms with Crippen LogP contribution < -0.4 is 4.74 Å². The molecule has 0 saturated carbocycles. The molecule has 5 heteroatoms. The molecule has 0 aromatic heterocycles. The zero-order chi connectivity index (χ0) is 17.3. The number of hydrogen-bond donors (Lipinski definition) is 0. The van der Waals surface area contributed by atoms with Gasteiger partial charge in [-0.25, -0.2) is 9.79 Å². The average Bonchev–Trinajstić information content (AvgIpc) is 2.91. The number of benzene rings is 2. The summed E-state index contributed by atoms with van der Waals surface area (Å²) in [4.78, 5) is 16.5. The van der Waals surface area contributed by atoms with Gasteiger partial charge in [-0.3, -0.25) is 0 Å². The van der Waals surface area contributed by atoms with Gasteiger partial charge in [0.2, 0.25) is 5.90 Å². The summed E-state index contributed by atoms with van der Waals surface area (Å²) < 4.78 is 11.5. The van der Waals surface area contributed by atoms with Crippen molar-refractivity contribution >= 4 is 33.9 Å². The Bertz CT molecular complexity index is 884. The molecule has 0 bridgehead atoms. The number of rotatable bonds is 3. The Morgan fingerprint density at radius 2 is 1.92 bits per heavy atom. The molecule has 1 aliphatic heterocycles. The predicted molar refractivity (Wildman–Crippen MR) is 97.2 cm³/mol. The van der Waals surface area contributed by atoms with Gasteiger partial charge in [0, 0.05) is 15.6 Å². The number of hydrogen-bond acceptors (Lipinski definition) is 4. The van der Waals surface area contributed by atoms with E-state index in [2.05, 4.69) is 20.9 Å². The van der Waals surface area contributed by atoms with Crippen molar-refractivity contribution in [1.29, 1.82) is 0 Å². The molecule has 0 amide bonds. The molecule has 0 spiro atoms. The smallest absolute Gasteiger partial charge is 0.363 e. The van der Waals surface area contributed by atoms with E-state index in [0.717, 1.165) is 21.2 Å². The van der Waals surface area contributed by atoms with Gasteiger partial charge < -0.3 is 9.47 Å². The molecule has 0 atom stereocenters. The minimum atomic E-state index is -0.467. The van der Waals surface area contributed by atoms with Crippen molar-refractivity contribution in [2.45, 2.75) is 13.8 Å². The van der Waals surface area contributed by atoms with Crippen LogP contribution in [0.3, 0.4) is 0 Å². The Morgan fingerprint density at radius 3 is 2.62 bits per heavy atom. The molecular formula is C19H16BrNO3. The molecule has 1 aliphatic rings. The van der Waals surface area contributed by atoms with E-state index in [1.165, 1.54) is 5.56 Å². The van der Waals surface area contributed by atoms with Crippen LogP contribution in [0.15, 0.2) is 51.6 Å². The van der Waals surface area contributed by atoms with Gasteiger partial charge in [-0.05, 0) is 61.4 Å². The molecular weight excluding hydrogens is 370 g/mol. The first-order valence-corrected chi connectivity index (χ1v) is 8.21. The molecule has 0 saturated heterocycles. The molecule has 1 heterocycles. The number of aliphatic imine (C=N–C) groups is 1. The summed E-state index contributed by atoms with van der Waals surface area (Å²) >= 11 is 3.42. The second-order valence-electron chi connectivity index (χ2n) is 5.52. The maximum Gasteiger partial charge on any atom is 0.363 e. The Kier molecular flexibility index (Phi) is 4.53. The van der Waals surface area contributed by atoms with Gasteiger partial charge in [-0.1, -0.05) is 22.0 Å². The summed E-state index contributed by atoms with van der Waals surface area (Å²) in [5.74, 6) is 0.516. The standard InChI is InChI=1S/C19H16BrNO3/c1-11-4-5-13(8-12(11)2)18-21-16(19(22)24-18)10-14-9-15(20)6-7-17(14)23-3/h4-10H,1-3H3. The lowest BCUT2D eigenvalue weighted by molar-refractivity contribution is -0.129. The lowest BCUT2D eigenvalue weighted by atomic mass is 10.1. The van der Waals surface area contributed by atoms with E-state index < -0.39 is 5.97 Å². The number of cyclic esters (lactones) is 1. The lowest BCUT2D eigenvalue weighted by Gasteiger charge is -2.04. The van der Waals surface area contributed by atoms with E-state index in [4.69, 9.17) is 9.47 Å². The summed E-state index contributed by atoms with van der Waals surface area (Å²) in [5.41, 5.74) is 4.09. The summed E-state index contributed by atoms with van der Waals surface area (Å²) in [5, 5.41) is 0. The first-order chi connectivity index (χ1) is 11.5.